The van der Waals surface area contributed by atoms with Gasteiger partial charge < -0.3 is 4.74 Å². The molecule has 0 saturated heterocycles. The summed E-state index contributed by atoms with van der Waals surface area (Å²) in [5.74, 6) is 0.0361. The number of hydrogen-bond acceptors (Lipinski definition) is 2. The van der Waals surface area contributed by atoms with Gasteiger partial charge in [0.2, 0.25) is 0 Å². The van der Waals surface area contributed by atoms with Crippen molar-refractivity contribution in [1.29, 1.82) is 0 Å². The summed E-state index contributed by atoms with van der Waals surface area (Å²) in [6.07, 6.45) is -0.0785. The predicted molar refractivity (Wildman–Crippen MR) is 81.1 cm³/mol. The molecule has 0 fully saturated rings. The Balaban J connectivity index is 2.00. The van der Waals surface area contributed by atoms with Gasteiger partial charge in [0.1, 0.15) is 6.61 Å². The van der Waals surface area contributed by atoms with Crippen molar-refractivity contribution in [2.24, 2.45) is 0 Å². The highest BCUT2D eigenvalue weighted by molar-refractivity contribution is 5.98. The monoisotopic (exact) mass is 268 g/mol. The van der Waals surface area contributed by atoms with E-state index in [-0.39, 0.29) is 18.5 Å². The SMILES string of the molecule is Cc1ccc(C)c(C(=O)COC(C)c2ccccc2)c1. The number of carbonyl (C=O) groups is 1. The summed E-state index contributed by atoms with van der Waals surface area (Å²) in [7, 11) is 0. The summed E-state index contributed by atoms with van der Waals surface area (Å²) in [4.78, 5) is 12.2. The minimum atomic E-state index is -0.0785. The van der Waals surface area contributed by atoms with Crippen molar-refractivity contribution < 1.29 is 9.53 Å². The number of rotatable bonds is 5. The van der Waals surface area contributed by atoms with Gasteiger partial charge in [0.25, 0.3) is 0 Å². The number of carbonyl (C=O) groups excluding carboxylic acids is 1. The number of benzene rings is 2. The van der Waals surface area contributed by atoms with Crippen LogP contribution in [0.1, 0.15) is 40.1 Å². The molecule has 0 N–H and O–H groups in total. The van der Waals surface area contributed by atoms with Crippen LogP contribution in [0.3, 0.4) is 0 Å². The lowest BCUT2D eigenvalue weighted by molar-refractivity contribution is 0.0520. The first-order valence-corrected chi connectivity index (χ1v) is 6.85. The van der Waals surface area contributed by atoms with Gasteiger partial charge in [0, 0.05) is 5.56 Å². The van der Waals surface area contributed by atoms with Crippen LogP contribution in [0.25, 0.3) is 0 Å². The summed E-state index contributed by atoms with van der Waals surface area (Å²) >= 11 is 0. The van der Waals surface area contributed by atoms with Crippen molar-refractivity contribution >= 4 is 5.78 Å². The molecule has 0 saturated carbocycles. The third kappa shape index (κ3) is 3.55. The molecular formula is C18H20O2. The van der Waals surface area contributed by atoms with Crippen LogP contribution >= 0.6 is 0 Å². The van der Waals surface area contributed by atoms with E-state index in [1.54, 1.807) is 0 Å². The number of ether oxygens (including phenoxy) is 1. The maximum absolute atomic E-state index is 12.2. The van der Waals surface area contributed by atoms with E-state index in [4.69, 9.17) is 4.74 Å². The van der Waals surface area contributed by atoms with Crippen molar-refractivity contribution in [1.82, 2.24) is 0 Å². The Hall–Kier alpha value is -1.93. The molecule has 0 aliphatic heterocycles. The summed E-state index contributed by atoms with van der Waals surface area (Å²) in [5, 5.41) is 0. The summed E-state index contributed by atoms with van der Waals surface area (Å²) in [6.45, 7) is 6.02. The quantitative estimate of drug-likeness (QED) is 0.757. The van der Waals surface area contributed by atoms with Crippen molar-refractivity contribution in [3.8, 4) is 0 Å². The fourth-order valence-corrected chi connectivity index (χ4v) is 2.13. The molecule has 20 heavy (non-hydrogen) atoms. The molecule has 0 radical (unpaired) electrons. The van der Waals surface area contributed by atoms with E-state index in [2.05, 4.69) is 0 Å². The number of aryl methyl sites for hydroxylation is 2. The molecule has 2 aromatic carbocycles. The molecule has 1 unspecified atom stereocenters. The van der Waals surface area contributed by atoms with Gasteiger partial charge in [-0.1, -0.05) is 48.0 Å². The van der Waals surface area contributed by atoms with Crippen molar-refractivity contribution in [2.45, 2.75) is 26.9 Å². The van der Waals surface area contributed by atoms with Gasteiger partial charge in [0.05, 0.1) is 6.10 Å². The fraction of sp³-hybridized carbons (Fsp3) is 0.278. The van der Waals surface area contributed by atoms with Crippen LogP contribution in [-0.4, -0.2) is 12.4 Å². The molecule has 0 amide bonds. The normalized spacial score (nSPS) is 12.2. The molecule has 0 aromatic heterocycles. The van der Waals surface area contributed by atoms with Gasteiger partial charge in [-0.05, 0) is 38.0 Å². The minimum absolute atomic E-state index is 0.0361. The number of Topliss-reactive ketones (excluding diaryl/α,β-unsaturated/α-hetero) is 1. The van der Waals surface area contributed by atoms with Gasteiger partial charge in [-0.2, -0.15) is 0 Å². The first-order valence-electron chi connectivity index (χ1n) is 6.85. The van der Waals surface area contributed by atoms with Crippen LogP contribution in [0, 0.1) is 13.8 Å². The van der Waals surface area contributed by atoms with E-state index in [9.17, 15) is 4.79 Å². The first-order chi connectivity index (χ1) is 9.58. The van der Waals surface area contributed by atoms with E-state index in [0.29, 0.717) is 0 Å². The maximum atomic E-state index is 12.2. The van der Waals surface area contributed by atoms with Crippen LogP contribution < -0.4 is 0 Å². The van der Waals surface area contributed by atoms with Crippen LogP contribution in [0.2, 0.25) is 0 Å². The first kappa shape index (κ1) is 14.5. The van der Waals surface area contributed by atoms with Crippen LogP contribution in [0.5, 0.6) is 0 Å². The third-order valence-corrected chi connectivity index (χ3v) is 3.43. The van der Waals surface area contributed by atoms with Gasteiger partial charge in [-0.15, -0.1) is 0 Å². The summed E-state index contributed by atoms with van der Waals surface area (Å²) in [6, 6.07) is 15.8. The molecule has 2 rings (SSSR count). The van der Waals surface area contributed by atoms with Crippen LogP contribution in [0.15, 0.2) is 48.5 Å². The maximum Gasteiger partial charge on any atom is 0.188 e. The Kier molecular flexibility index (Phi) is 4.70. The highest BCUT2D eigenvalue weighted by Crippen LogP contribution is 2.17. The van der Waals surface area contributed by atoms with Crippen molar-refractivity contribution in [3.05, 3.63) is 70.8 Å². The largest absolute Gasteiger partial charge is 0.366 e. The molecule has 1 atom stereocenters. The second-order valence-corrected chi connectivity index (χ2v) is 5.11. The van der Waals surface area contributed by atoms with E-state index < -0.39 is 0 Å². The van der Waals surface area contributed by atoms with E-state index in [0.717, 1.165) is 22.3 Å². The molecule has 2 aromatic rings. The number of ketones is 1. The fourth-order valence-electron chi connectivity index (χ4n) is 2.13. The molecule has 0 spiro atoms. The Morgan fingerprint density at radius 1 is 1.10 bits per heavy atom. The number of hydrogen-bond donors (Lipinski definition) is 0. The van der Waals surface area contributed by atoms with E-state index >= 15 is 0 Å². The zero-order valence-corrected chi connectivity index (χ0v) is 12.2. The molecule has 104 valence electrons. The Morgan fingerprint density at radius 3 is 2.50 bits per heavy atom. The summed E-state index contributed by atoms with van der Waals surface area (Å²) < 4.78 is 5.69. The Labute approximate surface area is 120 Å². The lowest BCUT2D eigenvalue weighted by atomic mass is 10.0. The molecular weight excluding hydrogens is 248 g/mol. The van der Waals surface area contributed by atoms with Crippen molar-refractivity contribution in [2.75, 3.05) is 6.61 Å². The van der Waals surface area contributed by atoms with Gasteiger partial charge in [-0.25, -0.2) is 0 Å². The standard InChI is InChI=1S/C18H20O2/c1-13-9-10-14(2)17(11-13)18(19)12-20-15(3)16-7-5-4-6-8-16/h4-11,15H,12H2,1-3H3. The summed E-state index contributed by atoms with van der Waals surface area (Å²) in [5.41, 5.74) is 3.93. The van der Waals surface area contributed by atoms with Crippen LogP contribution in [0.4, 0.5) is 0 Å². The van der Waals surface area contributed by atoms with Gasteiger partial charge >= 0.3 is 0 Å². The van der Waals surface area contributed by atoms with E-state index in [1.165, 1.54) is 0 Å². The molecule has 0 bridgehead atoms. The predicted octanol–water partition coefficient (Wildman–Crippen LogP) is 4.26. The molecule has 0 aliphatic carbocycles. The minimum Gasteiger partial charge on any atom is -0.366 e. The molecule has 0 heterocycles. The molecule has 2 heteroatoms. The second kappa shape index (κ2) is 6.49. The lowest BCUT2D eigenvalue weighted by Gasteiger charge is -2.13. The zero-order chi connectivity index (χ0) is 14.5. The molecule has 2 nitrogen and oxygen atoms in total. The smallest absolute Gasteiger partial charge is 0.188 e. The Bertz CT molecular complexity index is 588. The average Bonchev–Trinajstić information content (AvgIpc) is 2.47. The van der Waals surface area contributed by atoms with Gasteiger partial charge in [0.15, 0.2) is 5.78 Å². The van der Waals surface area contributed by atoms with Crippen molar-refractivity contribution in [3.63, 3.8) is 0 Å². The third-order valence-electron chi connectivity index (χ3n) is 3.43. The molecule has 0 aliphatic rings. The highest BCUT2D eigenvalue weighted by Gasteiger charge is 2.12. The van der Waals surface area contributed by atoms with Gasteiger partial charge in [-0.3, -0.25) is 4.79 Å². The van der Waals surface area contributed by atoms with Crippen LogP contribution in [-0.2, 0) is 4.74 Å². The Morgan fingerprint density at radius 2 is 1.80 bits per heavy atom. The zero-order valence-electron chi connectivity index (χ0n) is 12.2. The lowest BCUT2D eigenvalue weighted by Crippen LogP contribution is -2.13. The highest BCUT2D eigenvalue weighted by atomic mass is 16.5. The second-order valence-electron chi connectivity index (χ2n) is 5.11. The van der Waals surface area contributed by atoms with E-state index in [1.807, 2.05) is 69.3 Å². The topological polar surface area (TPSA) is 26.3 Å². The average molecular weight is 268 g/mol.